The van der Waals surface area contributed by atoms with Crippen LogP contribution in [0.2, 0.25) is 0 Å². The Balaban J connectivity index is 1.44. The van der Waals surface area contributed by atoms with E-state index < -0.39 is 25.7 Å². The molecule has 0 saturated carbocycles. The highest BCUT2D eigenvalue weighted by Crippen LogP contribution is 2.37. The van der Waals surface area contributed by atoms with Crippen LogP contribution in [-0.2, 0) is 25.4 Å². The average molecular weight is 560 g/mol. The SMILES string of the molecule is CC(=O)N[C@@H](Cc1ccc(OP(=O)(O)O)cc1)C(=O)NCCCNC(=O)c1ccc(N2N=C(C)CC2=O)cc1. The summed E-state index contributed by atoms with van der Waals surface area (Å²) in [6.45, 7) is 3.60. The molecule has 0 saturated heterocycles. The zero-order valence-corrected chi connectivity index (χ0v) is 22.3. The Morgan fingerprint density at radius 1 is 1.05 bits per heavy atom. The van der Waals surface area contributed by atoms with Gasteiger partial charge in [-0.2, -0.15) is 5.10 Å². The number of phosphoric acid groups is 1. The Morgan fingerprint density at radius 3 is 2.26 bits per heavy atom. The van der Waals surface area contributed by atoms with Gasteiger partial charge in [0.15, 0.2) is 0 Å². The predicted molar refractivity (Wildman–Crippen MR) is 142 cm³/mol. The highest BCUT2D eigenvalue weighted by molar-refractivity contribution is 7.46. The van der Waals surface area contributed by atoms with Crippen LogP contribution in [0.25, 0.3) is 0 Å². The molecule has 5 N–H and O–H groups in total. The number of phosphoric ester groups is 1. The molecule has 1 aliphatic rings. The summed E-state index contributed by atoms with van der Waals surface area (Å²) in [5, 5.41) is 13.6. The van der Waals surface area contributed by atoms with Gasteiger partial charge in [-0.1, -0.05) is 12.1 Å². The van der Waals surface area contributed by atoms with E-state index in [0.29, 0.717) is 29.8 Å². The van der Waals surface area contributed by atoms with Gasteiger partial charge in [0.2, 0.25) is 11.8 Å². The summed E-state index contributed by atoms with van der Waals surface area (Å²) in [7, 11) is -4.68. The molecule has 0 bridgehead atoms. The molecule has 1 aliphatic heterocycles. The van der Waals surface area contributed by atoms with E-state index in [-0.39, 0.29) is 37.0 Å². The highest BCUT2D eigenvalue weighted by atomic mass is 31.2. The zero-order valence-electron chi connectivity index (χ0n) is 21.4. The molecular formula is C25H30N5O8P. The molecule has 0 aromatic heterocycles. The van der Waals surface area contributed by atoms with Crippen LogP contribution >= 0.6 is 7.82 Å². The fraction of sp³-hybridized carbons (Fsp3) is 0.320. The van der Waals surface area contributed by atoms with Gasteiger partial charge in [0.25, 0.3) is 11.8 Å². The Kier molecular flexibility index (Phi) is 9.94. The maximum Gasteiger partial charge on any atom is 0.524 e. The first kappa shape index (κ1) is 29.5. The van der Waals surface area contributed by atoms with Crippen LogP contribution < -0.4 is 25.5 Å². The molecule has 3 rings (SSSR count). The maximum absolute atomic E-state index is 12.7. The fourth-order valence-electron chi connectivity index (χ4n) is 3.75. The lowest BCUT2D eigenvalue weighted by Crippen LogP contribution is -2.47. The summed E-state index contributed by atoms with van der Waals surface area (Å²) in [6.07, 6.45) is 0.851. The van der Waals surface area contributed by atoms with Crippen molar-refractivity contribution in [1.29, 1.82) is 0 Å². The molecule has 0 spiro atoms. The zero-order chi connectivity index (χ0) is 28.6. The number of carbonyl (C=O) groups is 4. The topological polar surface area (TPSA) is 187 Å². The van der Waals surface area contributed by atoms with Crippen molar-refractivity contribution in [3.63, 3.8) is 0 Å². The molecule has 0 radical (unpaired) electrons. The molecule has 2 aromatic rings. The van der Waals surface area contributed by atoms with E-state index in [1.807, 2.05) is 0 Å². The minimum Gasteiger partial charge on any atom is -0.404 e. The molecule has 0 unspecified atom stereocenters. The number of rotatable bonds is 12. The van der Waals surface area contributed by atoms with Crippen molar-refractivity contribution in [2.24, 2.45) is 5.10 Å². The Labute approximate surface area is 224 Å². The first-order chi connectivity index (χ1) is 18.4. The first-order valence-electron chi connectivity index (χ1n) is 12.1. The number of amides is 4. The number of hydrazone groups is 1. The molecule has 0 aliphatic carbocycles. The van der Waals surface area contributed by atoms with Crippen molar-refractivity contribution < 1.29 is 38.1 Å². The number of hydrogen-bond acceptors (Lipinski definition) is 7. The minimum atomic E-state index is -4.68. The van der Waals surface area contributed by atoms with Crippen molar-refractivity contribution in [2.75, 3.05) is 18.1 Å². The van der Waals surface area contributed by atoms with Crippen LogP contribution in [-0.4, -0.2) is 58.3 Å². The quantitative estimate of drug-likeness (QED) is 0.190. The molecule has 4 amide bonds. The van der Waals surface area contributed by atoms with E-state index in [9.17, 15) is 23.7 Å². The van der Waals surface area contributed by atoms with E-state index >= 15 is 0 Å². The second-order valence-corrected chi connectivity index (χ2v) is 10.0. The normalized spacial score (nSPS) is 13.9. The van der Waals surface area contributed by atoms with Crippen LogP contribution in [0.1, 0.15) is 42.6 Å². The lowest BCUT2D eigenvalue weighted by atomic mass is 10.0. The van der Waals surface area contributed by atoms with Crippen molar-refractivity contribution >= 4 is 42.9 Å². The number of nitrogens with one attached hydrogen (secondary N) is 3. The predicted octanol–water partition coefficient (Wildman–Crippen LogP) is 1.25. The van der Waals surface area contributed by atoms with Crippen molar-refractivity contribution in [3.05, 3.63) is 59.7 Å². The van der Waals surface area contributed by atoms with Crippen molar-refractivity contribution in [3.8, 4) is 5.75 Å². The maximum atomic E-state index is 12.7. The van der Waals surface area contributed by atoms with Crippen LogP contribution in [0.5, 0.6) is 5.75 Å². The number of anilines is 1. The Morgan fingerprint density at radius 2 is 1.69 bits per heavy atom. The molecule has 39 heavy (non-hydrogen) atoms. The van der Waals surface area contributed by atoms with E-state index in [1.165, 1.54) is 36.2 Å². The molecule has 1 heterocycles. The second kappa shape index (κ2) is 13.1. The molecule has 208 valence electrons. The summed E-state index contributed by atoms with van der Waals surface area (Å²) in [5.74, 6) is -1.28. The summed E-state index contributed by atoms with van der Waals surface area (Å²) in [5.41, 5.74) is 2.35. The summed E-state index contributed by atoms with van der Waals surface area (Å²) < 4.78 is 15.4. The van der Waals surface area contributed by atoms with Gasteiger partial charge in [-0.15, -0.1) is 0 Å². The number of carbonyl (C=O) groups excluding carboxylic acids is 4. The Hall–Kier alpha value is -4.06. The summed E-state index contributed by atoms with van der Waals surface area (Å²) in [4.78, 5) is 66.4. The van der Waals surface area contributed by atoms with Gasteiger partial charge in [-0.05, 0) is 55.3 Å². The van der Waals surface area contributed by atoms with E-state index in [2.05, 4.69) is 25.6 Å². The van der Waals surface area contributed by atoms with Gasteiger partial charge in [0, 0.05) is 37.7 Å². The van der Waals surface area contributed by atoms with Gasteiger partial charge < -0.3 is 20.5 Å². The number of hydrogen-bond donors (Lipinski definition) is 5. The van der Waals surface area contributed by atoms with Gasteiger partial charge >= 0.3 is 7.82 Å². The standard InChI is InChI=1S/C25H30N5O8P/c1-16-14-23(32)30(29-16)20-8-6-19(7-9-20)24(33)26-12-3-13-27-25(34)22(28-17(2)31)15-18-4-10-21(11-5-18)38-39(35,36)37/h4-11,22H,3,12-15H2,1-2H3,(H,26,33)(H,27,34)(H,28,31)(H2,35,36,37)/t22-/m0/s1. The van der Waals surface area contributed by atoms with E-state index in [0.717, 1.165) is 5.71 Å². The van der Waals surface area contributed by atoms with Crippen molar-refractivity contribution in [1.82, 2.24) is 16.0 Å². The van der Waals surface area contributed by atoms with Gasteiger partial charge in [0.05, 0.1) is 12.1 Å². The van der Waals surface area contributed by atoms with Crippen LogP contribution in [0.3, 0.4) is 0 Å². The van der Waals surface area contributed by atoms with Gasteiger partial charge in [0.1, 0.15) is 11.8 Å². The summed E-state index contributed by atoms with van der Waals surface area (Å²) in [6, 6.07) is 11.4. The molecule has 1 atom stereocenters. The average Bonchev–Trinajstić information content (AvgIpc) is 3.21. The second-order valence-electron chi connectivity index (χ2n) is 8.85. The smallest absolute Gasteiger partial charge is 0.404 e. The lowest BCUT2D eigenvalue weighted by molar-refractivity contribution is -0.128. The Bertz CT molecular complexity index is 1290. The van der Waals surface area contributed by atoms with Crippen LogP contribution in [0, 0.1) is 0 Å². The van der Waals surface area contributed by atoms with Crippen LogP contribution in [0.15, 0.2) is 53.6 Å². The van der Waals surface area contributed by atoms with Crippen molar-refractivity contribution in [2.45, 2.75) is 39.2 Å². The highest BCUT2D eigenvalue weighted by Gasteiger charge is 2.23. The monoisotopic (exact) mass is 559 g/mol. The van der Waals surface area contributed by atoms with Crippen LogP contribution in [0.4, 0.5) is 5.69 Å². The first-order valence-corrected chi connectivity index (χ1v) is 13.6. The third-order valence-electron chi connectivity index (χ3n) is 5.51. The molecular weight excluding hydrogens is 529 g/mol. The minimum absolute atomic E-state index is 0.0310. The van der Waals surface area contributed by atoms with E-state index in [1.54, 1.807) is 31.2 Å². The van der Waals surface area contributed by atoms with Gasteiger partial charge in [-0.25, -0.2) is 9.57 Å². The lowest BCUT2D eigenvalue weighted by Gasteiger charge is -2.18. The van der Waals surface area contributed by atoms with Gasteiger partial charge in [-0.3, -0.25) is 29.0 Å². The third-order valence-corrected chi connectivity index (χ3v) is 5.96. The fourth-order valence-corrected chi connectivity index (χ4v) is 4.15. The third kappa shape index (κ3) is 9.32. The molecule has 0 fully saturated rings. The summed E-state index contributed by atoms with van der Waals surface area (Å²) >= 11 is 0. The van der Waals surface area contributed by atoms with E-state index in [4.69, 9.17) is 9.79 Å². The molecule has 2 aromatic carbocycles. The number of benzene rings is 2. The molecule has 13 nitrogen and oxygen atoms in total. The largest absolute Gasteiger partial charge is 0.524 e. The molecule has 14 heteroatoms. The number of nitrogens with zero attached hydrogens (tertiary/aromatic N) is 2.